The van der Waals surface area contributed by atoms with Crippen LogP contribution >= 0.6 is 24.0 Å². The minimum Gasteiger partial charge on any atom is -0.396 e. The molecule has 0 aromatic heterocycles. The second-order valence-corrected chi connectivity index (χ2v) is 5.39. The molecule has 4 N–H and O–H groups in total. The Labute approximate surface area is 132 Å². The Morgan fingerprint density at radius 3 is 2.37 bits per heavy atom. The topological polar surface area (TPSA) is 70.6 Å². The van der Waals surface area contributed by atoms with Crippen LogP contribution in [-0.2, 0) is 0 Å². The Hall–Kier alpha value is -0.820. The van der Waals surface area contributed by atoms with Crippen LogP contribution in [0.25, 0.3) is 0 Å². The first-order valence-corrected chi connectivity index (χ1v) is 6.16. The van der Waals surface area contributed by atoms with Crippen molar-refractivity contribution >= 4 is 29.9 Å². The Morgan fingerprint density at radius 2 is 1.89 bits per heavy atom. The zero-order valence-electron chi connectivity index (χ0n) is 11.8. The third-order valence-electron chi connectivity index (χ3n) is 2.48. The van der Waals surface area contributed by atoms with Gasteiger partial charge in [0.2, 0.25) is 0 Å². The molecule has 1 aromatic carbocycles. The predicted octanol–water partition coefficient (Wildman–Crippen LogP) is 2.08. The Kier molecular flexibility index (Phi) is 8.01. The first-order valence-electron chi connectivity index (χ1n) is 6.16. The molecular formula is C14H24IN3O. The highest BCUT2D eigenvalue weighted by molar-refractivity contribution is 14.0. The van der Waals surface area contributed by atoms with Gasteiger partial charge in [-0.3, -0.25) is 4.99 Å². The fourth-order valence-electron chi connectivity index (χ4n) is 1.63. The molecule has 0 aliphatic carbocycles. The average Bonchev–Trinajstić information content (AvgIpc) is 2.29. The number of aliphatic hydroxyl groups is 1. The number of rotatable bonds is 4. The second kappa shape index (κ2) is 8.37. The summed E-state index contributed by atoms with van der Waals surface area (Å²) in [5, 5.41) is 12.5. The molecule has 1 rings (SSSR count). The fraction of sp³-hybridized carbons (Fsp3) is 0.500. The summed E-state index contributed by atoms with van der Waals surface area (Å²) in [5.74, 6) is 0.406. The van der Waals surface area contributed by atoms with Gasteiger partial charge in [0.05, 0.1) is 13.2 Å². The SMILES string of the molecule is CC(C)(C)NC(N)=NCC(CO)c1ccccc1.I. The van der Waals surface area contributed by atoms with Gasteiger partial charge >= 0.3 is 0 Å². The molecule has 5 heteroatoms. The van der Waals surface area contributed by atoms with Crippen molar-refractivity contribution in [1.29, 1.82) is 0 Å². The lowest BCUT2D eigenvalue weighted by Crippen LogP contribution is -2.45. The molecular weight excluding hydrogens is 353 g/mol. The molecule has 0 saturated carbocycles. The quantitative estimate of drug-likeness (QED) is 0.428. The molecule has 1 aromatic rings. The summed E-state index contributed by atoms with van der Waals surface area (Å²) in [6.07, 6.45) is 0. The van der Waals surface area contributed by atoms with Crippen LogP contribution in [0.3, 0.4) is 0 Å². The van der Waals surface area contributed by atoms with Crippen molar-refractivity contribution in [3.63, 3.8) is 0 Å². The van der Waals surface area contributed by atoms with Gasteiger partial charge in [0.1, 0.15) is 0 Å². The fourth-order valence-corrected chi connectivity index (χ4v) is 1.63. The number of aliphatic hydroxyl groups excluding tert-OH is 1. The van der Waals surface area contributed by atoms with Crippen molar-refractivity contribution in [1.82, 2.24) is 5.32 Å². The van der Waals surface area contributed by atoms with Crippen LogP contribution in [0.2, 0.25) is 0 Å². The molecule has 0 radical (unpaired) electrons. The van der Waals surface area contributed by atoms with E-state index in [9.17, 15) is 5.11 Å². The van der Waals surface area contributed by atoms with E-state index in [4.69, 9.17) is 5.73 Å². The maximum Gasteiger partial charge on any atom is 0.189 e. The van der Waals surface area contributed by atoms with E-state index < -0.39 is 0 Å². The lowest BCUT2D eigenvalue weighted by Gasteiger charge is -2.21. The number of nitrogens with zero attached hydrogens (tertiary/aromatic N) is 1. The van der Waals surface area contributed by atoms with Gasteiger partial charge in [-0.1, -0.05) is 30.3 Å². The van der Waals surface area contributed by atoms with Crippen LogP contribution in [0, 0.1) is 0 Å². The molecule has 0 aliphatic heterocycles. The minimum atomic E-state index is -0.102. The Bertz CT molecular complexity index is 387. The van der Waals surface area contributed by atoms with Crippen molar-refractivity contribution in [2.24, 2.45) is 10.7 Å². The summed E-state index contributed by atoms with van der Waals surface area (Å²) in [7, 11) is 0. The van der Waals surface area contributed by atoms with Crippen molar-refractivity contribution < 1.29 is 5.11 Å². The highest BCUT2D eigenvalue weighted by Crippen LogP contribution is 2.14. The van der Waals surface area contributed by atoms with Gasteiger partial charge in [0.25, 0.3) is 0 Å². The van der Waals surface area contributed by atoms with Gasteiger partial charge in [-0.25, -0.2) is 0 Å². The predicted molar refractivity (Wildman–Crippen MR) is 91.1 cm³/mol. The molecule has 1 unspecified atom stereocenters. The molecule has 1 atom stereocenters. The van der Waals surface area contributed by atoms with Crippen molar-refractivity contribution in [2.75, 3.05) is 13.2 Å². The number of hydrogen-bond acceptors (Lipinski definition) is 2. The molecule has 0 heterocycles. The monoisotopic (exact) mass is 377 g/mol. The zero-order valence-corrected chi connectivity index (χ0v) is 14.1. The van der Waals surface area contributed by atoms with E-state index in [0.717, 1.165) is 5.56 Å². The molecule has 19 heavy (non-hydrogen) atoms. The molecule has 108 valence electrons. The third kappa shape index (κ3) is 7.37. The van der Waals surface area contributed by atoms with Gasteiger partial charge in [-0.2, -0.15) is 0 Å². The second-order valence-electron chi connectivity index (χ2n) is 5.39. The highest BCUT2D eigenvalue weighted by Gasteiger charge is 2.12. The van der Waals surface area contributed by atoms with E-state index >= 15 is 0 Å². The van der Waals surface area contributed by atoms with E-state index in [-0.39, 0.29) is 42.0 Å². The maximum absolute atomic E-state index is 9.39. The summed E-state index contributed by atoms with van der Waals surface area (Å²) in [6.45, 7) is 6.62. The Morgan fingerprint density at radius 1 is 1.32 bits per heavy atom. The molecule has 0 bridgehead atoms. The molecule has 0 fully saturated rings. The Balaban J connectivity index is 0.00000324. The zero-order chi connectivity index (χ0) is 13.6. The van der Waals surface area contributed by atoms with E-state index in [1.54, 1.807) is 0 Å². The summed E-state index contributed by atoms with van der Waals surface area (Å²) < 4.78 is 0. The van der Waals surface area contributed by atoms with Crippen molar-refractivity contribution in [3.05, 3.63) is 35.9 Å². The molecule has 0 aliphatic rings. The van der Waals surface area contributed by atoms with Crippen LogP contribution in [0.4, 0.5) is 0 Å². The largest absolute Gasteiger partial charge is 0.396 e. The third-order valence-corrected chi connectivity index (χ3v) is 2.48. The number of guanidine groups is 1. The van der Waals surface area contributed by atoms with Gasteiger partial charge in [0.15, 0.2) is 5.96 Å². The van der Waals surface area contributed by atoms with Crippen molar-refractivity contribution in [2.45, 2.75) is 32.2 Å². The minimum absolute atomic E-state index is 0. The number of hydrogen-bond donors (Lipinski definition) is 3. The first-order chi connectivity index (χ1) is 8.42. The summed E-state index contributed by atoms with van der Waals surface area (Å²) in [6, 6.07) is 9.85. The first kappa shape index (κ1) is 18.2. The molecule has 0 saturated heterocycles. The van der Waals surface area contributed by atoms with E-state index in [0.29, 0.717) is 12.5 Å². The number of nitrogens with one attached hydrogen (secondary N) is 1. The number of benzene rings is 1. The molecule has 0 amide bonds. The van der Waals surface area contributed by atoms with Crippen LogP contribution in [-0.4, -0.2) is 29.8 Å². The summed E-state index contributed by atoms with van der Waals surface area (Å²) in [4.78, 5) is 4.28. The van der Waals surface area contributed by atoms with E-state index in [1.165, 1.54) is 0 Å². The van der Waals surface area contributed by atoms with Crippen LogP contribution < -0.4 is 11.1 Å². The highest BCUT2D eigenvalue weighted by atomic mass is 127. The van der Waals surface area contributed by atoms with Gasteiger partial charge in [-0.05, 0) is 26.3 Å². The lowest BCUT2D eigenvalue weighted by atomic mass is 10.0. The summed E-state index contributed by atoms with van der Waals surface area (Å²) >= 11 is 0. The maximum atomic E-state index is 9.39. The molecule has 4 nitrogen and oxygen atoms in total. The van der Waals surface area contributed by atoms with Crippen LogP contribution in [0.15, 0.2) is 35.3 Å². The standard InChI is InChI=1S/C14H23N3O.HI/c1-14(2,3)17-13(15)16-9-12(10-18)11-7-5-4-6-8-11;/h4-8,12,18H,9-10H2,1-3H3,(H3,15,16,17);1H. The number of aliphatic imine (C=N–C) groups is 1. The van der Waals surface area contributed by atoms with Crippen LogP contribution in [0.5, 0.6) is 0 Å². The van der Waals surface area contributed by atoms with Crippen LogP contribution in [0.1, 0.15) is 32.3 Å². The van der Waals surface area contributed by atoms with E-state index in [2.05, 4.69) is 10.3 Å². The normalized spacial score (nSPS) is 13.6. The van der Waals surface area contributed by atoms with Gasteiger partial charge < -0.3 is 16.2 Å². The number of halogens is 1. The number of nitrogens with two attached hydrogens (primary N) is 1. The smallest absolute Gasteiger partial charge is 0.189 e. The van der Waals surface area contributed by atoms with E-state index in [1.807, 2.05) is 51.1 Å². The van der Waals surface area contributed by atoms with Gasteiger partial charge in [-0.15, -0.1) is 24.0 Å². The average molecular weight is 377 g/mol. The van der Waals surface area contributed by atoms with Gasteiger partial charge in [0, 0.05) is 11.5 Å². The lowest BCUT2D eigenvalue weighted by molar-refractivity contribution is 0.268. The summed E-state index contributed by atoms with van der Waals surface area (Å²) in [5.41, 5.74) is 6.77. The van der Waals surface area contributed by atoms with Crippen molar-refractivity contribution in [3.8, 4) is 0 Å². The molecule has 0 spiro atoms.